The Kier molecular flexibility index (Phi) is 5.36. The molecule has 0 radical (unpaired) electrons. The van der Waals surface area contributed by atoms with Crippen LogP contribution < -0.4 is 17.0 Å². The van der Waals surface area contributed by atoms with E-state index in [9.17, 15) is 14.7 Å². The third-order valence-corrected chi connectivity index (χ3v) is 2.51. The van der Waals surface area contributed by atoms with E-state index in [1.807, 2.05) is 6.92 Å². The van der Waals surface area contributed by atoms with Gasteiger partial charge >= 0.3 is 5.69 Å². The maximum absolute atomic E-state index is 11.5. The smallest absolute Gasteiger partial charge is 0.328 e. The van der Waals surface area contributed by atoms with Crippen LogP contribution in [0, 0.1) is 11.8 Å². The summed E-state index contributed by atoms with van der Waals surface area (Å²) in [6.07, 6.45) is 2.01. The molecule has 0 fully saturated rings. The molecule has 0 aliphatic heterocycles. The van der Waals surface area contributed by atoms with Crippen LogP contribution in [0.3, 0.4) is 0 Å². The average Bonchev–Trinajstić information content (AvgIpc) is 2.36. The number of hydrogen-bond acceptors (Lipinski definition) is 4. The minimum atomic E-state index is -0.520. The number of hydrogen-bond donors (Lipinski definition) is 3. The molecule has 4 N–H and O–H groups in total. The van der Waals surface area contributed by atoms with Crippen LogP contribution in [0.25, 0.3) is 0 Å². The maximum Gasteiger partial charge on any atom is 0.328 e. The number of aliphatic hydroxyl groups excluding tert-OH is 1. The molecule has 1 heterocycles. The maximum atomic E-state index is 11.5. The Hall–Kier alpha value is -1.84. The topological polar surface area (TPSA) is 101 Å². The normalized spacial score (nSPS) is 11.7. The molecule has 1 aromatic heterocycles. The van der Waals surface area contributed by atoms with Gasteiger partial charge in [-0.25, -0.2) is 4.79 Å². The van der Waals surface area contributed by atoms with Gasteiger partial charge in [0, 0.05) is 12.7 Å². The van der Waals surface area contributed by atoms with Crippen LogP contribution in [0.1, 0.15) is 25.3 Å². The molecule has 1 rings (SSSR count). The van der Waals surface area contributed by atoms with E-state index in [0.29, 0.717) is 19.4 Å². The van der Waals surface area contributed by atoms with Crippen molar-refractivity contribution in [3.05, 3.63) is 32.6 Å². The second-order valence-corrected chi connectivity index (χ2v) is 3.85. The number of aliphatic hydroxyl groups is 1. The zero-order valence-corrected chi connectivity index (χ0v) is 10.3. The van der Waals surface area contributed by atoms with Gasteiger partial charge in [-0.3, -0.25) is 14.3 Å². The van der Waals surface area contributed by atoms with Gasteiger partial charge in [0.1, 0.15) is 5.56 Å². The molecule has 1 aromatic rings. The third-order valence-electron chi connectivity index (χ3n) is 2.51. The molecule has 18 heavy (non-hydrogen) atoms. The lowest BCUT2D eigenvalue weighted by atomic mass is 10.2. The number of nitrogens with one attached hydrogen (secondary N) is 1. The molecule has 0 spiro atoms. The summed E-state index contributed by atoms with van der Waals surface area (Å²) in [6.45, 7) is 2.34. The second kappa shape index (κ2) is 6.79. The van der Waals surface area contributed by atoms with Gasteiger partial charge in [-0.1, -0.05) is 18.8 Å². The van der Waals surface area contributed by atoms with Crippen LogP contribution >= 0.6 is 0 Å². The highest BCUT2D eigenvalue weighted by Crippen LogP contribution is 1.98. The quantitative estimate of drug-likeness (QED) is 0.598. The van der Waals surface area contributed by atoms with E-state index in [1.54, 1.807) is 0 Å². The number of aromatic amines is 1. The Morgan fingerprint density at radius 3 is 2.89 bits per heavy atom. The van der Waals surface area contributed by atoms with E-state index in [4.69, 9.17) is 5.73 Å². The van der Waals surface area contributed by atoms with Crippen molar-refractivity contribution in [1.29, 1.82) is 0 Å². The number of H-pyrrole nitrogens is 1. The van der Waals surface area contributed by atoms with Crippen LogP contribution in [0.5, 0.6) is 0 Å². The van der Waals surface area contributed by atoms with Crippen LogP contribution in [0.2, 0.25) is 0 Å². The van der Waals surface area contributed by atoms with Crippen molar-refractivity contribution >= 4 is 0 Å². The number of nitrogens with two attached hydrogens (primary N) is 1. The van der Waals surface area contributed by atoms with Crippen molar-refractivity contribution in [3.8, 4) is 11.8 Å². The summed E-state index contributed by atoms with van der Waals surface area (Å²) in [5.74, 6) is 5.16. The van der Waals surface area contributed by atoms with Gasteiger partial charge in [0.25, 0.3) is 5.56 Å². The predicted molar refractivity (Wildman–Crippen MR) is 68.2 cm³/mol. The lowest BCUT2D eigenvalue weighted by molar-refractivity contribution is 0.153. The van der Waals surface area contributed by atoms with Crippen molar-refractivity contribution in [3.63, 3.8) is 0 Å². The molecule has 0 bridgehead atoms. The van der Waals surface area contributed by atoms with Crippen LogP contribution in [0.4, 0.5) is 0 Å². The summed E-state index contributed by atoms with van der Waals surface area (Å²) < 4.78 is 1.33. The highest BCUT2D eigenvalue weighted by molar-refractivity contribution is 5.29. The van der Waals surface area contributed by atoms with E-state index in [1.165, 1.54) is 10.8 Å². The van der Waals surface area contributed by atoms with Gasteiger partial charge in [0.2, 0.25) is 0 Å². The molecule has 1 atom stereocenters. The Bertz CT molecular complexity index is 562. The molecule has 0 aliphatic carbocycles. The molecule has 0 saturated heterocycles. The fourth-order valence-corrected chi connectivity index (χ4v) is 1.40. The lowest BCUT2D eigenvalue weighted by Gasteiger charge is -2.09. The molecule has 0 amide bonds. The summed E-state index contributed by atoms with van der Waals surface area (Å²) in [5, 5.41) is 9.44. The molecule has 0 saturated carbocycles. The molecular formula is C12H17N3O3. The van der Waals surface area contributed by atoms with Gasteiger partial charge in [-0.15, -0.1) is 0 Å². The van der Waals surface area contributed by atoms with Crippen molar-refractivity contribution in [2.45, 2.75) is 32.4 Å². The van der Waals surface area contributed by atoms with E-state index in [2.05, 4.69) is 16.8 Å². The van der Waals surface area contributed by atoms with Gasteiger partial charge < -0.3 is 10.8 Å². The van der Waals surface area contributed by atoms with Gasteiger partial charge in [-0.2, -0.15) is 0 Å². The first-order valence-electron chi connectivity index (χ1n) is 5.79. The molecule has 0 aliphatic rings. The summed E-state index contributed by atoms with van der Waals surface area (Å²) >= 11 is 0. The van der Waals surface area contributed by atoms with E-state index in [0.717, 1.165) is 0 Å². The first-order valence-corrected chi connectivity index (χ1v) is 5.79. The summed E-state index contributed by atoms with van der Waals surface area (Å²) in [7, 11) is 0. The highest BCUT2D eigenvalue weighted by atomic mass is 16.3. The monoisotopic (exact) mass is 251 g/mol. The minimum Gasteiger partial charge on any atom is -0.393 e. The van der Waals surface area contributed by atoms with Crippen LogP contribution in [0.15, 0.2) is 15.8 Å². The van der Waals surface area contributed by atoms with Gasteiger partial charge in [0.05, 0.1) is 12.6 Å². The number of nitrogens with zero attached hydrogens (tertiary/aromatic N) is 1. The fourth-order valence-electron chi connectivity index (χ4n) is 1.40. The van der Waals surface area contributed by atoms with Crippen LogP contribution in [-0.2, 0) is 6.54 Å². The number of rotatable bonds is 4. The lowest BCUT2D eigenvalue weighted by Crippen LogP contribution is -2.31. The molecular weight excluding hydrogens is 234 g/mol. The van der Waals surface area contributed by atoms with Crippen molar-refractivity contribution in [1.82, 2.24) is 9.55 Å². The first kappa shape index (κ1) is 14.2. The average molecular weight is 251 g/mol. The van der Waals surface area contributed by atoms with Gasteiger partial charge in [0.15, 0.2) is 0 Å². The molecule has 1 unspecified atom stereocenters. The second-order valence-electron chi connectivity index (χ2n) is 3.85. The Morgan fingerprint density at radius 2 is 2.28 bits per heavy atom. The Balaban J connectivity index is 2.98. The number of aromatic nitrogens is 2. The first-order chi connectivity index (χ1) is 8.58. The van der Waals surface area contributed by atoms with Crippen molar-refractivity contribution in [2.24, 2.45) is 5.73 Å². The zero-order valence-electron chi connectivity index (χ0n) is 10.3. The van der Waals surface area contributed by atoms with Crippen LogP contribution in [-0.4, -0.2) is 27.3 Å². The molecule has 0 aromatic carbocycles. The molecule has 6 nitrogen and oxygen atoms in total. The minimum absolute atomic E-state index is 0.146. The van der Waals surface area contributed by atoms with Crippen molar-refractivity contribution < 1.29 is 5.11 Å². The number of aryl methyl sites for hydroxylation is 1. The molecule has 6 heteroatoms. The van der Waals surface area contributed by atoms with Crippen molar-refractivity contribution in [2.75, 3.05) is 6.54 Å². The van der Waals surface area contributed by atoms with E-state index in [-0.39, 0.29) is 12.1 Å². The predicted octanol–water partition coefficient (Wildman–Crippen LogP) is -0.992. The summed E-state index contributed by atoms with van der Waals surface area (Å²) in [4.78, 5) is 25.1. The van der Waals surface area contributed by atoms with E-state index < -0.39 is 17.4 Å². The summed E-state index contributed by atoms with van der Waals surface area (Å²) in [6, 6.07) is 0. The Morgan fingerprint density at radius 1 is 1.56 bits per heavy atom. The van der Waals surface area contributed by atoms with Gasteiger partial charge in [-0.05, 0) is 12.8 Å². The third kappa shape index (κ3) is 3.87. The highest BCUT2D eigenvalue weighted by Gasteiger charge is 2.05. The Labute approximate surface area is 104 Å². The van der Waals surface area contributed by atoms with E-state index >= 15 is 0 Å². The fraction of sp³-hybridized carbons (Fsp3) is 0.500. The largest absolute Gasteiger partial charge is 0.393 e. The molecule has 98 valence electrons. The standard InChI is InChI=1S/C12H17N3O3/c1-2-10(16)5-7-15-8-9(4-3-6-13)11(17)14-12(15)18/h8,10,16H,2,5-7,13H2,1H3,(H,14,17,18). The zero-order chi connectivity index (χ0) is 13.5. The summed E-state index contributed by atoms with van der Waals surface area (Å²) in [5.41, 5.74) is 4.40. The SMILES string of the molecule is CCC(O)CCn1cc(C#CCN)c(=O)[nH]c1=O.